The zero-order chi connectivity index (χ0) is 15.6. The van der Waals surface area contributed by atoms with Gasteiger partial charge in [-0.2, -0.15) is 0 Å². The molecule has 0 aliphatic heterocycles. The first-order valence-electron chi connectivity index (χ1n) is 6.83. The van der Waals surface area contributed by atoms with E-state index in [4.69, 9.17) is 16.7 Å². The van der Waals surface area contributed by atoms with E-state index in [1.165, 1.54) is 12.1 Å². The lowest BCUT2D eigenvalue weighted by atomic mass is 10.1. The predicted molar refractivity (Wildman–Crippen MR) is 76.7 cm³/mol. The van der Waals surface area contributed by atoms with E-state index in [9.17, 15) is 14.0 Å². The van der Waals surface area contributed by atoms with Crippen molar-refractivity contribution in [2.24, 2.45) is 11.8 Å². The molecule has 3 atom stereocenters. The van der Waals surface area contributed by atoms with Gasteiger partial charge in [-0.05, 0) is 24.5 Å². The van der Waals surface area contributed by atoms with Crippen LogP contribution >= 0.6 is 11.6 Å². The summed E-state index contributed by atoms with van der Waals surface area (Å²) in [5.41, 5.74) is 0.401. The van der Waals surface area contributed by atoms with E-state index < -0.39 is 5.97 Å². The van der Waals surface area contributed by atoms with E-state index in [2.05, 4.69) is 5.32 Å². The first-order chi connectivity index (χ1) is 9.90. The van der Waals surface area contributed by atoms with Gasteiger partial charge in [0, 0.05) is 35.4 Å². The molecule has 1 aromatic carbocycles. The third-order valence-electron chi connectivity index (χ3n) is 3.65. The Bertz CT molecular complexity index is 544. The van der Waals surface area contributed by atoms with Crippen LogP contribution in [-0.4, -0.2) is 23.5 Å². The first-order valence-corrected chi connectivity index (χ1v) is 7.21. The van der Waals surface area contributed by atoms with Crippen molar-refractivity contribution in [3.05, 3.63) is 34.6 Å². The number of carboxylic acids is 1. The fourth-order valence-electron chi connectivity index (χ4n) is 2.44. The molecule has 1 aromatic rings. The van der Waals surface area contributed by atoms with Crippen LogP contribution in [0.2, 0.25) is 5.02 Å². The van der Waals surface area contributed by atoms with Crippen molar-refractivity contribution in [2.45, 2.75) is 25.7 Å². The Balaban J connectivity index is 1.88. The molecular formula is C15H17ClFNO3. The molecule has 0 saturated heterocycles. The zero-order valence-electron chi connectivity index (χ0n) is 11.6. The molecule has 0 unspecified atom stereocenters. The number of carbonyl (C=O) groups excluding carboxylic acids is 1. The van der Waals surface area contributed by atoms with Gasteiger partial charge < -0.3 is 10.4 Å². The van der Waals surface area contributed by atoms with Gasteiger partial charge in [0.1, 0.15) is 5.82 Å². The standard InChI is InChI=1S/C15H17ClFNO3/c1-8(5-13(19)20)7-18-15(21)10-6-9(10)14-11(16)3-2-4-12(14)17/h2-4,8-10H,5-7H2,1H3,(H,18,21)(H,19,20)/t8-,9+,10+/m0/s1. The molecule has 1 fully saturated rings. The highest BCUT2D eigenvalue weighted by molar-refractivity contribution is 6.31. The van der Waals surface area contributed by atoms with Crippen molar-refractivity contribution >= 4 is 23.5 Å². The Morgan fingerprint density at radius 3 is 2.86 bits per heavy atom. The number of hydrogen-bond donors (Lipinski definition) is 2. The maximum atomic E-state index is 13.8. The van der Waals surface area contributed by atoms with Gasteiger partial charge in [-0.1, -0.05) is 24.6 Å². The van der Waals surface area contributed by atoms with Crippen LogP contribution in [0.15, 0.2) is 18.2 Å². The Hall–Kier alpha value is -1.62. The Kier molecular flexibility index (Phi) is 4.83. The van der Waals surface area contributed by atoms with E-state index in [0.29, 0.717) is 23.6 Å². The van der Waals surface area contributed by atoms with E-state index in [0.717, 1.165) is 0 Å². The largest absolute Gasteiger partial charge is 0.481 e. The summed E-state index contributed by atoms with van der Waals surface area (Å²) in [6.07, 6.45) is 0.577. The second-order valence-corrected chi connectivity index (χ2v) is 5.94. The number of carbonyl (C=O) groups is 2. The van der Waals surface area contributed by atoms with Gasteiger partial charge in [-0.3, -0.25) is 9.59 Å². The van der Waals surface area contributed by atoms with Crippen molar-refractivity contribution in [3.63, 3.8) is 0 Å². The molecule has 2 N–H and O–H groups in total. The quantitative estimate of drug-likeness (QED) is 0.848. The van der Waals surface area contributed by atoms with Gasteiger partial charge in [0.2, 0.25) is 5.91 Å². The molecule has 1 aliphatic rings. The second kappa shape index (κ2) is 6.43. The van der Waals surface area contributed by atoms with Crippen LogP contribution in [0.1, 0.15) is 31.2 Å². The van der Waals surface area contributed by atoms with Crippen molar-refractivity contribution < 1.29 is 19.1 Å². The number of rotatable bonds is 6. The molecule has 114 valence electrons. The topological polar surface area (TPSA) is 66.4 Å². The molecule has 0 heterocycles. The van der Waals surface area contributed by atoms with Crippen LogP contribution < -0.4 is 5.32 Å². The second-order valence-electron chi connectivity index (χ2n) is 5.53. The van der Waals surface area contributed by atoms with Crippen LogP contribution in [-0.2, 0) is 9.59 Å². The van der Waals surface area contributed by atoms with Gasteiger partial charge in [0.15, 0.2) is 0 Å². The molecular weight excluding hydrogens is 297 g/mol. The summed E-state index contributed by atoms with van der Waals surface area (Å²) in [6, 6.07) is 4.48. The van der Waals surface area contributed by atoms with Gasteiger partial charge in [-0.25, -0.2) is 4.39 Å². The number of benzene rings is 1. The summed E-state index contributed by atoms with van der Waals surface area (Å²) in [6.45, 7) is 2.06. The average Bonchev–Trinajstić information content (AvgIpc) is 3.15. The summed E-state index contributed by atoms with van der Waals surface area (Å²) in [5, 5.41) is 11.7. The van der Waals surface area contributed by atoms with Crippen molar-refractivity contribution in [3.8, 4) is 0 Å². The number of aliphatic carboxylic acids is 1. The summed E-state index contributed by atoms with van der Waals surface area (Å²) in [7, 11) is 0. The average molecular weight is 314 g/mol. The highest BCUT2D eigenvalue weighted by Crippen LogP contribution is 2.50. The number of amides is 1. The molecule has 1 amide bonds. The number of hydrogen-bond acceptors (Lipinski definition) is 2. The SMILES string of the molecule is C[C@H](CNC(=O)[C@@H]1C[C@H]1c1c(F)cccc1Cl)CC(=O)O. The summed E-state index contributed by atoms with van der Waals surface area (Å²) in [5.74, 6) is -2.05. The first kappa shape index (κ1) is 15.8. The maximum Gasteiger partial charge on any atom is 0.303 e. The molecule has 2 rings (SSSR count). The van der Waals surface area contributed by atoms with Crippen LogP contribution in [0, 0.1) is 17.7 Å². The van der Waals surface area contributed by atoms with Crippen LogP contribution in [0.5, 0.6) is 0 Å². The van der Waals surface area contributed by atoms with E-state index in [-0.39, 0.29) is 35.9 Å². The smallest absolute Gasteiger partial charge is 0.303 e. The molecule has 21 heavy (non-hydrogen) atoms. The summed E-state index contributed by atoms with van der Waals surface area (Å²) < 4.78 is 13.8. The van der Waals surface area contributed by atoms with Gasteiger partial charge >= 0.3 is 5.97 Å². The lowest BCUT2D eigenvalue weighted by molar-refractivity contribution is -0.138. The molecule has 1 saturated carbocycles. The summed E-state index contributed by atoms with van der Waals surface area (Å²) in [4.78, 5) is 22.5. The van der Waals surface area contributed by atoms with Crippen LogP contribution in [0.25, 0.3) is 0 Å². The molecule has 6 heteroatoms. The monoisotopic (exact) mass is 313 g/mol. The lowest BCUT2D eigenvalue weighted by Gasteiger charge is -2.10. The minimum Gasteiger partial charge on any atom is -0.481 e. The van der Waals surface area contributed by atoms with E-state index in [1.807, 2.05) is 0 Å². The highest BCUT2D eigenvalue weighted by Gasteiger charge is 2.46. The number of halogens is 2. The fraction of sp³-hybridized carbons (Fsp3) is 0.467. The zero-order valence-corrected chi connectivity index (χ0v) is 12.4. The van der Waals surface area contributed by atoms with Gasteiger partial charge in [0.05, 0.1) is 0 Å². The molecule has 4 nitrogen and oxygen atoms in total. The Morgan fingerprint density at radius 1 is 1.52 bits per heavy atom. The van der Waals surface area contributed by atoms with Crippen molar-refractivity contribution in [2.75, 3.05) is 6.54 Å². The minimum atomic E-state index is -0.890. The lowest BCUT2D eigenvalue weighted by Crippen LogP contribution is -2.30. The molecule has 0 spiro atoms. The predicted octanol–water partition coefficient (Wildman–Crippen LogP) is 2.81. The van der Waals surface area contributed by atoms with Crippen LogP contribution in [0.4, 0.5) is 4.39 Å². The summed E-state index contributed by atoms with van der Waals surface area (Å²) >= 11 is 5.98. The van der Waals surface area contributed by atoms with Crippen LogP contribution in [0.3, 0.4) is 0 Å². The van der Waals surface area contributed by atoms with E-state index in [1.54, 1.807) is 13.0 Å². The van der Waals surface area contributed by atoms with Gasteiger partial charge in [0.25, 0.3) is 0 Å². The highest BCUT2D eigenvalue weighted by atomic mass is 35.5. The third kappa shape index (κ3) is 3.94. The van der Waals surface area contributed by atoms with Gasteiger partial charge in [-0.15, -0.1) is 0 Å². The third-order valence-corrected chi connectivity index (χ3v) is 3.98. The normalized spacial score (nSPS) is 21.7. The Morgan fingerprint density at radius 2 is 2.24 bits per heavy atom. The minimum absolute atomic E-state index is 0.00746. The molecule has 1 aliphatic carbocycles. The molecule has 0 bridgehead atoms. The Labute approximate surface area is 127 Å². The number of nitrogens with one attached hydrogen (secondary N) is 1. The fourth-order valence-corrected chi connectivity index (χ4v) is 2.75. The molecule has 0 radical (unpaired) electrons. The molecule has 0 aromatic heterocycles. The maximum absolute atomic E-state index is 13.8. The van der Waals surface area contributed by atoms with Crippen molar-refractivity contribution in [1.82, 2.24) is 5.32 Å². The van der Waals surface area contributed by atoms with Crippen molar-refractivity contribution in [1.29, 1.82) is 0 Å². The van der Waals surface area contributed by atoms with E-state index >= 15 is 0 Å². The number of carboxylic acid groups (broad SMARTS) is 1.